The van der Waals surface area contributed by atoms with Crippen molar-refractivity contribution in [2.24, 2.45) is 0 Å². The van der Waals surface area contributed by atoms with Crippen LogP contribution in [-0.4, -0.2) is 22.0 Å². The van der Waals surface area contributed by atoms with Gasteiger partial charge in [0.25, 0.3) is 0 Å². The monoisotopic (exact) mass is 271 g/mol. The van der Waals surface area contributed by atoms with Gasteiger partial charge in [-0.25, -0.2) is 9.97 Å². The molecular formula is C15H21N5. The highest BCUT2D eigenvalue weighted by Crippen LogP contribution is 2.20. The van der Waals surface area contributed by atoms with Gasteiger partial charge in [0.1, 0.15) is 17.5 Å². The molecule has 106 valence electrons. The van der Waals surface area contributed by atoms with E-state index in [1.165, 1.54) is 5.56 Å². The van der Waals surface area contributed by atoms with Crippen LogP contribution in [0, 0.1) is 6.92 Å². The predicted octanol–water partition coefficient (Wildman–Crippen LogP) is 2.79. The lowest BCUT2D eigenvalue weighted by atomic mass is 10.2. The minimum Gasteiger partial charge on any atom is -0.373 e. The van der Waals surface area contributed by atoms with Crippen molar-refractivity contribution < 1.29 is 0 Å². The molecule has 0 bridgehead atoms. The van der Waals surface area contributed by atoms with Gasteiger partial charge in [-0.1, -0.05) is 6.92 Å². The number of nitrogens with one attached hydrogen (secondary N) is 2. The van der Waals surface area contributed by atoms with Gasteiger partial charge in [-0.3, -0.25) is 4.98 Å². The predicted molar refractivity (Wildman–Crippen MR) is 81.9 cm³/mol. The second-order valence-corrected chi connectivity index (χ2v) is 4.67. The number of hydrogen-bond donors (Lipinski definition) is 2. The van der Waals surface area contributed by atoms with E-state index in [2.05, 4.69) is 32.5 Å². The SMILES string of the molecule is CCCc1nc(NC)c(C)c(NCc2ccncc2)n1. The molecule has 0 saturated carbocycles. The summed E-state index contributed by atoms with van der Waals surface area (Å²) in [6.45, 7) is 4.89. The zero-order valence-electron chi connectivity index (χ0n) is 12.3. The third-order valence-corrected chi connectivity index (χ3v) is 3.11. The molecule has 20 heavy (non-hydrogen) atoms. The molecule has 0 radical (unpaired) electrons. The van der Waals surface area contributed by atoms with Crippen LogP contribution >= 0.6 is 0 Å². The molecule has 5 nitrogen and oxygen atoms in total. The normalized spacial score (nSPS) is 10.3. The van der Waals surface area contributed by atoms with Crippen LogP contribution < -0.4 is 10.6 Å². The lowest BCUT2D eigenvalue weighted by Crippen LogP contribution is -2.09. The third kappa shape index (κ3) is 3.44. The van der Waals surface area contributed by atoms with Crippen LogP contribution in [0.3, 0.4) is 0 Å². The maximum absolute atomic E-state index is 4.61. The maximum Gasteiger partial charge on any atom is 0.135 e. The highest BCUT2D eigenvalue weighted by molar-refractivity contribution is 5.57. The number of rotatable bonds is 6. The van der Waals surface area contributed by atoms with Crippen LogP contribution in [0.4, 0.5) is 11.6 Å². The fourth-order valence-electron chi connectivity index (χ4n) is 2.00. The van der Waals surface area contributed by atoms with Crippen LogP contribution in [0.15, 0.2) is 24.5 Å². The van der Waals surface area contributed by atoms with Crippen molar-refractivity contribution in [3.63, 3.8) is 0 Å². The van der Waals surface area contributed by atoms with Crippen molar-refractivity contribution in [2.75, 3.05) is 17.7 Å². The average molecular weight is 271 g/mol. The molecule has 0 fully saturated rings. The van der Waals surface area contributed by atoms with E-state index in [1.54, 1.807) is 12.4 Å². The first-order valence-corrected chi connectivity index (χ1v) is 6.92. The number of nitrogens with zero attached hydrogens (tertiary/aromatic N) is 3. The Morgan fingerprint density at radius 3 is 2.45 bits per heavy atom. The largest absolute Gasteiger partial charge is 0.373 e. The summed E-state index contributed by atoms with van der Waals surface area (Å²) in [5, 5.41) is 6.52. The van der Waals surface area contributed by atoms with Gasteiger partial charge in [-0.05, 0) is 31.0 Å². The quantitative estimate of drug-likeness (QED) is 0.846. The molecule has 2 aromatic rings. The van der Waals surface area contributed by atoms with Crippen molar-refractivity contribution in [1.29, 1.82) is 0 Å². The average Bonchev–Trinajstić information content (AvgIpc) is 2.48. The van der Waals surface area contributed by atoms with Gasteiger partial charge in [0.05, 0.1) is 0 Å². The standard InChI is InChI=1S/C15H21N5/c1-4-5-13-19-14(16-3)11(2)15(20-13)18-10-12-6-8-17-9-7-12/h6-9H,4-5,10H2,1-3H3,(H2,16,18,19,20). The molecule has 2 aromatic heterocycles. The highest BCUT2D eigenvalue weighted by Gasteiger charge is 2.09. The summed E-state index contributed by atoms with van der Waals surface area (Å²) in [5.74, 6) is 2.66. The topological polar surface area (TPSA) is 62.7 Å². The smallest absolute Gasteiger partial charge is 0.135 e. The first kappa shape index (κ1) is 14.2. The second-order valence-electron chi connectivity index (χ2n) is 4.67. The molecule has 0 amide bonds. The van der Waals surface area contributed by atoms with Crippen molar-refractivity contribution in [3.05, 3.63) is 41.5 Å². The van der Waals surface area contributed by atoms with E-state index in [0.717, 1.165) is 42.4 Å². The fourth-order valence-corrected chi connectivity index (χ4v) is 2.00. The zero-order valence-corrected chi connectivity index (χ0v) is 12.3. The van der Waals surface area contributed by atoms with Gasteiger partial charge in [-0.2, -0.15) is 0 Å². The van der Waals surface area contributed by atoms with E-state index in [9.17, 15) is 0 Å². The highest BCUT2D eigenvalue weighted by atomic mass is 15.1. The molecule has 0 aromatic carbocycles. The fraction of sp³-hybridized carbons (Fsp3) is 0.400. The lowest BCUT2D eigenvalue weighted by molar-refractivity contribution is 0.831. The van der Waals surface area contributed by atoms with Crippen LogP contribution in [0.2, 0.25) is 0 Å². The van der Waals surface area contributed by atoms with Crippen molar-refractivity contribution in [2.45, 2.75) is 33.2 Å². The maximum atomic E-state index is 4.61. The van der Waals surface area contributed by atoms with E-state index in [-0.39, 0.29) is 0 Å². The molecule has 0 unspecified atom stereocenters. The Labute approximate surface area is 119 Å². The summed E-state index contributed by atoms with van der Waals surface area (Å²) in [7, 11) is 1.89. The van der Waals surface area contributed by atoms with Gasteiger partial charge < -0.3 is 10.6 Å². The second kappa shape index (κ2) is 6.84. The van der Waals surface area contributed by atoms with Gasteiger partial charge in [0, 0.05) is 38.0 Å². The number of aryl methyl sites for hydroxylation is 1. The van der Waals surface area contributed by atoms with Crippen LogP contribution in [-0.2, 0) is 13.0 Å². The summed E-state index contributed by atoms with van der Waals surface area (Å²) in [5.41, 5.74) is 2.22. The summed E-state index contributed by atoms with van der Waals surface area (Å²) in [6.07, 6.45) is 5.52. The third-order valence-electron chi connectivity index (χ3n) is 3.11. The van der Waals surface area contributed by atoms with Gasteiger partial charge in [0.2, 0.25) is 0 Å². The van der Waals surface area contributed by atoms with E-state index < -0.39 is 0 Å². The Balaban J connectivity index is 2.19. The number of aromatic nitrogens is 3. The molecule has 5 heteroatoms. The molecule has 2 N–H and O–H groups in total. The molecule has 0 spiro atoms. The minimum atomic E-state index is 0.731. The molecule has 0 saturated heterocycles. The first-order valence-electron chi connectivity index (χ1n) is 6.92. The summed E-state index contributed by atoms with van der Waals surface area (Å²) >= 11 is 0. The van der Waals surface area contributed by atoms with Crippen LogP contribution in [0.5, 0.6) is 0 Å². The van der Waals surface area contributed by atoms with Crippen LogP contribution in [0.25, 0.3) is 0 Å². The Morgan fingerprint density at radius 2 is 1.80 bits per heavy atom. The lowest BCUT2D eigenvalue weighted by Gasteiger charge is -2.13. The number of hydrogen-bond acceptors (Lipinski definition) is 5. The Kier molecular flexibility index (Phi) is 4.87. The molecule has 2 rings (SSSR count). The molecular weight excluding hydrogens is 250 g/mol. The Hall–Kier alpha value is -2.17. The molecule has 0 aliphatic rings. The summed E-state index contributed by atoms with van der Waals surface area (Å²) in [4.78, 5) is 13.2. The number of pyridine rings is 1. The van der Waals surface area contributed by atoms with E-state index in [4.69, 9.17) is 0 Å². The summed E-state index contributed by atoms with van der Waals surface area (Å²) < 4.78 is 0. The van der Waals surface area contributed by atoms with Gasteiger partial charge in [-0.15, -0.1) is 0 Å². The summed E-state index contributed by atoms with van der Waals surface area (Å²) in [6, 6.07) is 3.99. The molecule has 0 atom stereocenters. The Bertz CT molecular complexity index is 554. The first-order chi connectivity index (χ1) is 9.74. The van der Waals surface area contributed by atoms with Crippen LogP contribution in [0.1, 0.15) is 30.3 Å². The van der Waals surface area contributed by atoms with Gasteiger partial charge in [0.15, 0.2) is 0 Å². The van der Waals surface area contributed by atoms with E-state index in [0.29, 0.717) is 0 Å². The molecule has 0 aliphatic carbocycles. The van der Waals surface area contributed by atoms with Gasteiger partial charge >= 0.3 is 0 Å². The van der Waals surface area contributed by atoms with E-state index in [1.807, 2.05) is 26.1 Å². The van der Waals surface area contributed by atoms with E-state index >= 15 is 0 Å². The number of anilines is 2. The van der Waals surface area contributed by atoms with Crippen molar-refractivity contribution >= 4 is 11.6 Å². The Morgan fingerprint density at radius 1 is 1.10 bits per heavy atom. The molecule has 0 aliphatic heterocycles. The van der Waals surface area contributed by atoms with Crippen molar-refractivity contribution in [1.82, 2.24) is 15.0 Å². The van der Waals surface area contributed by atoms with Crippen molar-refractivity contribution in [3.8, 4) is 0 Å². The molecule has 2 heterocycles. The zero-order chi connectivity index (χ0) is 14.4. The minimum absolute atomic E-state index is 0.731.